The number of rotatable bonds is 10. The number of hydrogen-bond acceptors (Lipinski definition) is 5. The lowest BCUT2D eigenvalue weighted by atomic mass is 10.00. The highest BCUT2D eigenvalue weighted by atomic mass is 32.2. The van der Waals surface area contributed by atoms with Crippen molar-refractivity contribution in [3.63, 3.8) is 0 Å². The fourth-order valence-corrected chi connectivity index (χ4v) is 6.37. The molecule has 216 valence electrons. The van der Waals surface area contributed by atoms with Crippen molar-refractivity contribution in [2.75, 3.05) is 6.54 Å². The number of halogens is 1. The number of carbonyl (C=O) groups is 3. The summed E-state index contributed by atoms with van der Waals surface area (Å²) in [5.41, 5.74) is 1.04. The van der Waals surface area contributed by atoms with E-state index in [0.29, 0.717) is 5.56 Å². The van der Waals surface area contributed by atoms with Gasteiger partial charge in [0.15, 0.2) is 0 Å². The third-order valence-electron chi connectivity index (χ3n) is 6.70. The van der Waals surface area contributed by atoms with E-state index in [2.05, 4.69) is 5.32 Å². The second-order valence-electron chi connectivity index (χ2n) is 11.1. The summed E-state index contributed by atoms with van der Waals surface area (Å²) in [4.78, 5) is 41.6. The van der Waals surface area contributed by atoms with Crippen molar-refractivity contribution < 1.29 is 27.2 Å². The van der Waals surface area contributed by atoms with E-state index in [1.165, 1.54) is 29.2 Å². The Labute approximate surface area is 240 Å². The molecule has 3 aromatic carbocycles. The summed E-state index contributed by atoms with van der Waals surface area (Å²) in [7, 11) is -4.00. The minimum Gasteiger partial charge on any atom is -0.350 e. The molecule has 1 N–H and O–H groups in total. The van der Waals surface area contributed by atoms with Crippen molar-refractivity contribution in [1.29, 1.82) is 0 Å². The zero-order chi connectivity index (χ0) is 29.8. The van der Waals surface area contributed by atoms with Gasteiger partial charge in [-0.05, 0) is 62.6 Å². The van der Waals surface area contributed by atoms with Crippen LogP contribution in [0, 0.1) is 5.82 Å². The van der Waals surface area contributed by atoms with Crippen LogP contribution >= 0.6 is 0 Å². The van der Waals surface area contributed by atoms with Crippen LogP contribution in [-0.2, 0) is 32.6 Å². The van der Waals surface area contributed by atoms with Crippen molar-refractivity contribution in [2.45, 2.75) is 63.1 Å². The third kappa shape index (κ3) is 7.18. The first-order chi connectivity index (χ1) is 19.4. The van der Waals surface area contributed by atoms with Crippen LogP contribution in [0.3, 0.4) is 0 Å². The lowest BCUT2D eigenvalue weighted by molar-refractivity contribution is -0.142. The molecule has 0 radical (unpaired) electrons. The molecule has 41 heavy (non-hydrogen) atoms. The van der Waals surface area contributed by atoms with Crippen LogP contribution in [0.1, 0.15) is 55.1 Å². The van der Waals surface area contributed by atoms with Gasteiger partial charge in [-0.25, -0.2) is 17.1 Å². The number of amides is 3. The summed E-state index contributed by atoms with van der Waals surface area (Å²) >= 11 is 0. The highest BCUT2D eigenvalue weighted by Crippen LogP contribution is 2.30. The van der Waals surface area contributed by atoms with Crippen LogP contribution in [0.15, 0.2) is 83.8 Å². The number of sulfonamides is 1. The molecule has 3 amide bonds. The summed E-state index contributed by atoms with van der Waals surface area (Å²) in [6.45, 7) is 5.41. The molecule has 1 aliphatic heterocycles. The molecule has 0 bridgehead atoms. The average Bonchev–Trinajstić information content (AvgIpc) is 3.11. The maximum Gasteiger partial charge on any atom is 0.269 e. The summed E-state index contributed by atoms with van der Waals surface area (Å²) in [6, 6.07) is 20.1. The number of benzene rings is 3. The van der Waals surface area contributed by atoms with Crippen LogP contribution < -0.4 is 5.32 Å². The standard InChI is InChI=1S/C31H34FN3O5S/c1-31(2,3)33-29(37)26(20-22-10-5-4-6-11-22)34(21-23-15-17-24(32)18-16-23)28(36)14-9-19-35-30(38)25-12-7-8-13-27(25)41(35,39)40/h4-8,10-13,15-18,26H,9,14,19-21H2,1-3H3,(H,33,37)/t26-/m0/s1. The minimum atomic E-state index is -4.00. The van der Waals surface area contributed by atoms with Crippen LogP contribution in [-0.4, -0.2) is 53.5 Å². The normalized spacial score (nSPS) is 14.8. The van der Waals surface area contributed by atoms with Crippen LogP contribution in [0.4, 0.5) is 4.39 Å². The van der Waals surface area contributed by atoms with Gasteiger partial charge >= 0.3 is 0 Å². The van der Waals surface area contributed by atoms with Crippen molar-refractivity contribution in [1.82, 2.24) is 14.5 Å². The number of fused-ring (bicyclic) bond motifs is 1. The predicted molar refractivity (Wildman–Crippen MR) is 153 cm³/mol. The van der Waals surface area contributed by atoms with E-state index in [9.17, 15) is 27.2 Å². The molecule has 0 fully saturated rings. The van der Waals surface area contributed by atoms with Gasteiger partial charge in [0, 0.05) is 31.5 Å². The first-order valence-electron chi connectivity index (χ1n) is 13.4. The van der Waals surface area contributed by atoms with Gasteiger partial charge in [0.25, 0.3) is 15.9 Å². The minimum absolute atomic E-state index is 0.0422. The molecule has 4 rings (SSSR count). The lowest BCUT2D eigenvalue weighted by Crippen LogP contribution is -2.54. The molecule has 0 aliphatic carbocycles. The van der Waals surface area contributed by atoms with Crippen molar-refractivity contribution in [2.24, 2.45) is 0 Å². The third-order valence-corrected chi connectivity index (χ3v) is 8.54. The predicted octanol–water partition coefficient (Wildman–Crippen LogP) is 4.31. The highest BCUT2D eigenvalue weighted by molar-refractivity contribution is 7.90. The molecule has 3 aromatic rings. The molecule has 8 nitrogen and oxygen atoms in total. The van der Waals surface area contributed by atoms with E-state index in [-0.39, 0.29) is 54.6 Å². The number of nitrogens with zero attached hydrogens (tertiary/aromatic N) is 2. The van der Waals surface area contributed by atoms with E-state index >= 15 is 0 Å². The molecule has 10 heteroatoms. The molecule has 0 saturated carbocycles. The molecule has 0 unspecified atom stereocenters. The van der Waals surface area contributed by atoms with Crippen LogP contribution in [0.5, 0.6) is 0 Å². The van der Waals surface area contributed by atoms with Gasteiger partial charge in [-0.1, -0.05) is 54.6 Å². The van der Waals surface area contributed by atoms with E-state index in [1.807, 2.05) is 51.1 Å². The number of hydrogen-bond donors (Lipinski definition) is 1. The Bertz CT molecular complexity index is 1520. The monoisotopic (exact) mass is 579 g/mol. The van der Waals surface area contributed by atoms with Gasteiger partial charge in [-0.15, -0.1) is 0 Å². The van der Waals surface area contributed by atoms with Crippen molar-refractivity contribution in [3.05, 3.63) is 101 Å². The molecule has 0 aromatic heterocycles. The van der Waals surface area contributed by atoms with Gasteiger partial charge < -0.3 is 10.2 Å². The number of nitrogens with one attached hydrogen (secondary N) is 1. The second kappa shape index (κ2) is 12.2. The first kappa shape index (κ1) is 29.9. The zero-order valence-electron chi connectivity index (χ0n) is 23.3. The number of carbonyl (C=O) groups excluding carboxylic acids is 3. The molecule has 1 heterocycles. The molecule has 0 saturated heterocycles. The van der Waals surface area contributed by atoms with Gasteiger partial charge in [-0.3, -0.25) is 14.4 Å². The average molecular weight is 580 g/mol. The smallest absolute Gasteiger partial charge is 0.269 e. The highest BCUT2D eigenvalue weighted by Gasteiger charge is 2.40. The Hall–Kier alpha value is -4.05. The van der Waals surface area contributed by atoms with E-state index in [4.69, 9.17) is 0 Å². The van der Waals surface area contributed by atoms with Gasteiger partial charge in [0.05, 0.1) is 5.56 Å². The fourth-order valence-electron chi connectivity index (χ4n) is 4.76. The molecular weight excluding hydrogens is 545 g/mol. The largest absolute Gasteiger partial charge is 0.350 e. The van der Waals surface area contributed by atoms with Gasteiger partial charge in [-0.2, -0.15) is 0 Å². The van der Waals surface area contributed by atoms with E-state index in [0.717, 1.165) is 9.87 Å². The maximum atomic E-state index is 13.8. The van der Waals surface area contributed by atoms with E-state index < -0.39 is 33.3 Å². The van der Waals surface area contributed by atoms with Gasteiger partial charge in [0.1, 0.15) is 16.8 Å². The first-order valence-corrected chi connectivity index (χ1v) is 14.9. The van der Waals surface area contributed by atoms with Crippen LogP contribution in [0.2, 0.25) is 0 Å². The topological polar surface area (TPSA) is 104 Å². The Morgan fingerprint density at radius 1 is 0.927 bits per heavy atom. The quantitative estimate of drug-likeness (QED) is 0.386. The maximum absolute atomic E-state index is 13.8. The zero-order valence-corrected chi connectivity index (χ0v) is 24.2. The Morgan fingerprint density at radius 2 is 1.56 bits per heavy atom. The van der Waals surface area contributed by atoms with Gasteiger partial charge in [0.2, 0.25) is 11.8 Å². The molecule has 1 aliphatic rings. The SMILES string of the molecule is CC(C)(C)NC(=O)[C@H](Cc1ccccc1)N(Cc1ccc(F)cc1)C(=O)CCCN1C(=O)c2ccccc2S1(=O)=O. The molecule has 1 atom stereocenters. The summed E-state index contributed by atoms with van der Waals surface area (Å²) in [5, 5.41) is 2.97. The Kier molecular flexibility index (Phi) is 8.92. The van der Waals surface area contributed by atoms with Crippen molar-refractivity contribution >= 4 is 27.7 Å². The lowest BCUT2D eigenvalue weighted by Gasteiger charge is -2.34. The molecular formula is C31H34FN3O5S. The Balaban J connectivity index is 1.58. The molecule has 0 spiro atoms. The summed E-state index contributed by atoms with van der Waals surface area (Å²) < 4.78 is 40.3. The second-order valence-corrected chi connectivity index (χ2v) is 12.9. The van der Waals surface area contributed by atoms with Crippen LogP contribution in [0.25, 0.3) is 0 Å². The summed E-state index contributed by atoms with van der Waals surface area (Å²) in [6.07, 6.45) is 0.200. The fraction of sp³-hybridized carbons (Fsp3) is 0.323. The van der Waals surface area contributed by atoms with Crippen molar-refractivity contribution in [3.8, 4) is 0 Å². The Morgan fingerprint density at radius 3 is 2.20 bits per heavy atom. The van der Waals surface area contributed by atoms with E-state index in [1.54, 1.807) is 24.3 Å². The summed E-state index contributed by atoms with van der Waals surface area (Å²) in [5.74, 6) is -1.77.